The number of nitrogens with zero attached hydrogens (tertiary/aromatic N) is 2. The molecule has 0 fully saturated rings. The molecule has 0 aliphatic rings. The molecule has 0 spiro atoms. The van der Waals surface area contributed by atoms with Crippen LogP contribution < -0.4 is 10.1 Å². The Morgan fingerprint density at radius 2 is 1.77 bits per heavy atom. The second kappa shape index (κ2) is 7.19. The van der Waals surface area contributed by atoms with Gasteiger partial charge in [0.2, 0.25) is 0 Å². The van der Waals surface area contributed by atoms with Crippen LogP contribution in [0, 0.1) is 0 Å². The lowest BCUT2D eigenvalue weighted by molar-refractivity contribution is 0.0942. The smallest absolute Gasteiger partial charge is 0.270 e. The average Bonchev–Trinajstić information content (AvgIpc) is 2.70. The Kier molecular flexibility index (Phi) is 4.43. The molecule has 0 saturated heterocycles. The second-order valence-corrected chi connectivity index (χ2v) is 5.82. The first-order chi connectivity index (χ1) is 12.8. The van der Waals surface area contributed by atoms with Gasteiger partial charge in [-0.3, -0.25) is 9.78 Å². The van der Waals surface area contributed by atoms with E-state index in [0.29, 0.717) is 24.6 Å². The van der Waals surface area contributed by atoms with E-state index in [4.69, 9.17) is 4.74 Å². The molecule has 4 rings (SSSR count). The summed E-state index contributed by atoms with van der Waals surface area (Å²) in [6, 6.07) is 21.0. The van der Waals surface area contributed by atoms with Crippen LogP contribution >= 0.6 is 0 Å². The molecular weight excluding hydrogens is 326 g/mol. The van der Waals surface area contributed by atoms with Crippen molar-refractivity contribution in [2.24, 2.45) is 0 Å². The van der Waals surface area contributed by atoms with Gasteiger partial charge < -0.3 is 10.1 Å². The summed E-state index contributed by atoms with van der Waals surface area (Å²) in [6.45, 7) is 0.742. The van der Waals surface area contributed by atoms with Crippen LogP contribution in [0.2, 0.25) is 0 Å². The quantitative estimate of drug-likeness (QED) is 0.563. The molecule has 2 heterocycles. The monoisotopic (exact) mass is 343 g/mol. The van der Waals surface area contributed by atoms with Gasteiger partial charge in [-0.2, -0.15) is 0 Å². The highest BCUT2D eigenvalue weighted by Gasteiger charge is 2.08. The normalized spacial score (nSPS) is 10.8. The van der Waals surface area contributed by atoms with E-state index in [1.165, 1.54) is 0 Å². The minimum atomic E-state index is -0.213. The molecule has 5 heteroatoms. The molecule has 2 aromatic carbocycles. The van der Waals surface area contributed by atoms with E-state index >= 15 is 0 Å². The highest BCUT2D eigenvalue weighted by atomic mass is 16.5. The van der Waals surface area contributed by atoms with Crippen molar-refractivity contribution in [3.05, 3.63) is 78.6 Å². The van der Waals surface area contributed by atoms with Gasteiger partial charge in [0.05, 0.1) is 12.1 Å². The summed E-state index contributed by atoms with van der Waals surface area (Å²) in [6.07, 6.45) is 1.74. The van der Waals surface area contributed by atoms with Gasteiger partial charge in [0.25, 0.3) is 5.91 Å². The molecule has 128 valence electrons. The van der Waals surface area contributed by atoms with E-state index in [1.54, 1.807) is 12.3 Å². The summed E-state index contributed by atoms with van der Waals surface area (Å²) in [5.74, 6) is 0.497. The number of carbonyl (C=O) groups is 1. The molecule has 0 unspecified atom stereocenters. The van der Waals surface area contributed by atoms with Crippen LogP contribution in [0.3, 0.4) is 0 Å². The number of carbonyl (C=O) groups excluding carboxylic acids is 1. The predicted octanol–water partition coefficient (Wildman–Crippen LogP) is 3.59. The van der Waals surface area contributed by atoms with Crippen LogP contribution in [0.25, 0.3) is 21.8 Å². The number of hydrogen-bond donors (Lipinski definition) is 1. The van der Waals surface area contributed by atoms with Crippen molar-refractivity contribution in [3.8, 4) is 5.75 Å². The van der Waals surface area contributed by atoms with Gasteiger partial charge in [0, 0.05) is 17.0 Å². The van der Waals surface area contributed by atoms with Gasteiger partial charge in [-0.1, -0.05) is 42.5 Å². The van der Waals surface area contributed by atoms with Crippen molar-refractivity contribution in [1.82, 2.24) is 15.3 Å². The summed E-state index contributed by atoms with van der Waals surface area (Å²) in [7, 11) is 0. The number of benzene rings is 2. The minimum absolute atomic E-state index is 0.213. The predicted molar refractivity (Wildman–Crippen MR) is 101 cm³/mol. The van der Waals surface area contributed by atoms with E-state index in [-0.39, 0.29) is 5.91 Å². The van der Waals surface area contributed by atoms with Gasteiger partial charge in [0.15, 0.2) is 0 Å². The van der Waals surface area contributed by atoms with Gasteiger partial charge in [-0.15, -0.1) is 0 Å². The van der Waals surface area contributed by atoms with Crippen molar-refractivity contribution < 1.29 is 9.53 Å². The number of pyridine rings is 2. The van der Waals surface area contributed by atoms with Crippen LogP contribution in [0.15, 0.2) is 72.9 Å². The van der Waals surface area contributed by atoms with E-state index < -0.39 is 0 Å². The zero-order chi connectivity index (χ0) is 17.8. The summed E-state index contributed by atoms with van der Waals surface area (Å²) >= 11 is 0. The molecule has 0 atom stereocenters. The Balaban J connectivity index is 1.37. The summed E-state index contributed by atoms with van der Waals surface area (Å²) in [5, 5.41) is 4.87. The molecule has 0 saturated carbocycles. The first kappa shape index (κ1) is 16.0. The van der Waals surface area contributed by atoms with Crippen molar-refractivity contribution in [2.45, 2.75) is 0 Å². The van der Waals surface area contributed by atoms with Crippen LogP contribution in [-0.2, 0) is 0 Å². The van der Waals surface area contributed by atoms with E-state index in [0.717, 1.165) is 21.8 Å². The lowest BCUT2D eigenvalue weighted by Gasteiger charge is -2.09. The zero-order valence-corrected chi connectivity index (χ0v) is 14.1. The first-order valence-electron chi connectivity index (χ1n) is 8.42. The largest absolute Gasteiger partial charge is 0.489 e. The molecule has 0 radical (unpaired) electrons. The van der Waals surface area contributed by atoms with Crippen molar-refractivity contribution in [1.29, 1.82) is 0 Å². The average molecular weight is 343 g/mol. The molecule has 0 aliphatic heterocycles. The fourth-order valence-corrected chi connectivity index (χ4v) is 2.80. The van der Waals surface area contributed by atoms with Crippen molar-refractivity contribution in [3.63, 3.8) is 0 Å². The summed E-state index contributed by atoms with van der Waals surface area (Å²) in [5.41, 5.74) is 2.02. The van der Waals surface area contributed by atoms with E-state index in [2.05, 4.69) is 15.3 Å². The number of aromatic nitrogens is 2. The topological polar surface area (TPSA) is 64.1 Å². The lowest BCUT2D eigenvalue weighted by Crippen LogP contribution is -2.28. The Bertz CT molecular complexity index is 1070. The molecule has 1 amide bonds. The number of fused-ring (bicyclic) bond motifs is 2. The Morgan fingerprint density at radius 3 is 2.73 bits per heavy atom. The number of ether oxygens (including phenoxy) is 1. The molecule has 0 aliphatic carbocycles. The fourth-order valence-electron chi connectivity index (χ4n) is 2.80. The van der Waals surface area contributed by atoms with Crippen molar-refractivity contribution >= 4 is 27.7 Å². The molecule has 4 aromatic rings. The van der Waals surface area contributed by atoms with E-state index in [9.17, 15) is 4.79 Å². The standard InChI is InChI=1S/C21H17N3O2/c25-21(18-11-10-15-5-1-2-8-17(15)24-18)23-13-14-26-19-9-3-6-16-7-4-12-22-20(16)19/h1-12H,13-14H2,(H,23,25). The Morgan fingerprint density at radius 1 is 0.923 bits per heavy atom. The third kappa shape index (κ3) is 3.32. The molecule has 5 nitrogen and oxygen atoms in total. The van der Waals surface area contributed by atoms with Gasteiger partial charge in [-0.05, 0) is 24.3 Å². The number of para-hydroxylation sites is 2. The third-order valence-corrected chi connectivity index (χ3v) is 4.07. The molecule has 1 N–H and O–H groups in total. The Hall–Kier alpha value is -3.47. The Labute approximate surface area is 150 Å². The van der Waals surface area contributed by atoms with Crippen LogP contribution in [0.4, 0.5) is 0 Å². The first-order valence-corrected chi connectivity index (χ1v) is 8.42. The SMILES string of the molecule is O=C(NCCOc1cccc2cccnc12)c1ccc2ccccc2n1. The molecular formula is C21H17N3O2. The highest BCUT2D eigenvalue weighted by molar-refractivity contribution is 5.94. The van der Waals surface area contributed by atoms with Crippen molar-refractivity contribution in [2.75, 3.05) is 13.2 Å². The highest BCUT2D eigenvalue weighted by Crippen LogP contribution is 2.22. The zero-order valence-electron chi connectivity index (χ0n) is 14.1. The third-order valence-electron chi connectivity index (χ3n) is 4.07. The molecule has 0 bridgehead atoms. The van der Waals surface area contributed by atoms with Gasteiger partial charge in [0.1, 0.15) is 23.6 Å². The van der Waals surface area contributed by atoms with Gasteiger partial charge >= 0.3 is 0 Å². The van der Waals surface area contributed by atoms with Crippen LogP contribution in [0.5, 0.6) is 5.75 Å². The maximum absolute atomic E-state index is 12.3. The van der Waals surface area contributed by atoms with Crippen LogP contribution in [0.1, 0.15) is 10.5 Å². The second-order valence-electron chi connectivity index (χ2n) is 5.82. The maximum Gasteiger partial charge on any atom is 0.270 e. The van der Waals surface area contributed by atoms with E-state index in [1.807, 2.05) is 60.7 Å². The summed E-state index contributed by atoms with van der Waals surface area (Å²) in [4.78, 5) is 21.0. The lowest BCUT2D eigenvalue weighted by atomic mass is 10.2. The van der Waals surface area contributed by atoms with Crippen LogP contribution in [-0.4, -0.2) is 29.0 Å². The number of hydrogen-bond acceptors (Lipinski definition) is 4. The number of rotatable bonds is 5. The molecule has 2 aromatic heterocycles. The molecule has 26 heavy (non-hydrogen) atoms. The maximum atomic E-state index is 12.3. The minimum Gasteiger partial charge on any atom is -0.489 e. The fraction of sp³-hybridized carbons (Fsp3) is 0.0952. The number of nitrogens with one attached hydrogen (secondary N) is 1. The van der Waals surface area contributed by atoms with Gasteiger partial charge in [-0.25, -0.2) is 4.98 Å². The summed E-state index contributed by atoms with van der Waals surface area (Å²) < 4.78 is 5.78. The number of amides is 1.